The summed E-state index contributed by atoms with van der Waals surface area (Å²) in [6.07, 6.45) is 0. The molecule has 0 aliphatic rings. The summed E-state index contributed by atoms with van der Waals surface area (Å²) >= 11 is 5.77. The van der Waals surface area contributed by atoms with Crippen LogP contribution in [0.25, 0.3) is 21.9 Å². The predicted molar refractivity (Wildman–Crippen MR) is 106 cm³/mol. The van der Waals surface area contributed by atoms with E-state index in [0.717, 1.165) is 16.4 Å². The predicted octanol–water partition coefficient (Wildman–Crippen LogP) is 4.65. The van der Waals surface area contributed by atoms with E-state index in [1.54, 1.807) is 18.2 Å². The molecule has 1 N–H and O–H groups in total. The Balaban J connectivity index is 1.57. The maximum atomic E-state index is 12.4. The summed E-state index contributed by atoms with van der Waals surface area (Å²) in [5, 5.41) is 4.85. The standard InChI is InChI=1S/C20H14ClNO4S/c21-13-5-8-15(9-6-13)27(24,25)12-20(23)22-14-7-10-19-17(11-14)16-3-1-2-4-18(16)26-19/h1-11H,12H2,(H,22,23). The minimum absolute atomic E-state index is 0.0540. The third-order valence-corrected chi connectivity index (χ3v) is 6.04. The van der Waals surface area contributed by atoms with Gasteiger partial charge >= 0.3 is 0 Å². The van der Waals surface area contributed by atoms with Crippen molar-refractivity contribution < 1.29 is 17.6 Å². The molecule has 0 bridgehead atoms. The zero-order valence-electron chi connectivity index (χ0n) is 14.0. The number of hydrogen-bond acceptors (Lipinski definition) is 4. The lowest BCUT2D eigenvalue weighted by molar-refractivity contribution is -0.113. The third kappa shape index (κ3) is 3.54. The van der Waals surface area contributed by atoms with Gasteiger partial charge in [-0.1, -0.05) is 29.8 Å². The van der Waals surface area contributed by atoms with E-state index in [1.807, 2.05) is 24.3 Å². The van der Waals surface area contributed by atoms with Crippen LogP contribution < -0.4 is 5.32 Å². The van der Waals surface area contributed by atoms with Gasteiger partial charge in [-0.25, -0.2) is 8.42 Å². The molecule has 0 aliphatic heterocycles. The van der Waals surface area contributed by atoms with Crippen LogP contribution >= 0.6 is 11.6 Å². The first-order valence-electron chi connectivity index (χ1n) is 8.12. The Morgan fingerprint density at radius 1 is 0.926 bits per heavy atom. The Bertz CT molecular complexity index is 1260. The number of fused-ring (bicyclic) bond motifs is 3. The zero-order chi connectivity index (χ0) is 19.0. The molecule has 1 aromatic heterocycles. The lowest BCUT2D eigenvalue weighted by atomic mass is 10.1. The molecule has 5 nitrogen and oxygen atoms in total. The summed E-state index contributed by atoms with van der Waals surface area (Å²) in [5.74, 6) is -1.27. The number of carbonyl (C=O) groups excluding carboxylic acids is 1. The highest BCUT2D eigenvalue weighted by atomic mass is 35.5. The number of para-hydroxylation sites is 1. The highest BCUT2D eigenvalue weighted by Gasteiger charge is 2.19. The molecule has 0 radical (unpaired) electrons. The molecule has 0 spiro atoms. The summed E-state index contributed by atoms with van der Waals surface area (Å²) in [4.78, 5) is 12.3. The van der Waals surface area contributed by atoms with Crippen LogP contribution in [-0.2, 0) is 14.6 Å². The highest BCUT2D eigenvalue weighted by Crippen LogP contribution is 2.30. The van der Waals surface area contributed by atoms with Crippen molar-refractivity contribution in [2.45, 2.75) is 4.90 Å². The molecule has 0 fully saturated rings. The van der Waals surface area contributed by atoms with Gasteiger partial charge in [-0.15, -0.1) is 0 Å². The number of amides is 1. The Morgan fingerprint density at radius 3 is 2.41 bits per heavy atom. The molecule has 7 heteroatoms. The van der Waals surface area contributed by atoms with Crippen molar-refractivity contribution in [2.24, 2.45) is 0 Å². The van der Waals surface area contributed by atoms with Crippen molar-refractivity contribution in [1.82, 2.24) is 0 Å². The zero-order valence-corrected chi connectivity index (χ0v) is 15.5. The Kier molecular flexibility index (Phi) is 4.37. The minimum atomic E-state index is -3.75. The lowest BCUT2D eigenvalue weighted by Gasteiger charge is -2.07. The Hall–Kier alpha value is -2.83. The molecule has 27 heavy (non-hydrogen) atoms. The first-order chi connectivity index (χ1) is 12.9. The molecule has 0 atom stereocenters. The molecule has 0 aliphatic carbocycles. The molecule has 136 valence electrons. The number of carbonyl (C=O) groups is 1. The monoisotopic (exact) mass is 399 g/mol. The Morgan fingerprint density at radius 2 is 1.63 bits per heavy atom. The lowest BCUT2D eigenvalue weighted by Crippen LogP contribution is -2.23. The van der Waals surface area contributed by atoms with Gasteiger partial charge in [0.05, 0.1) is 4.90 Å². The van der Waals surface area contributed by atoms with Crippen molar-refractivity contribution in [3.05, 3.63) is 71.8 Å². The van der Waals surface area contributed by atoms with Crippen LogP contribution in [0.2, 0.25) is 5.02 Å². The van der Waals surface area contributed by atoms with Gasteiger partial charge in [-0.3, -0.25) is 4.79 Å². The van der Waals surface area contributed by atoms with E-state index in [1.165, 1.54) is 24.3 Å². The molecule has 0 saturated heterocycles. The van der Waals surface area contributed by atoms with E-state index in [9.17, 15) is 13.2 Å². The topological polar surface area (TPSA) is 76.4 Å². The van der Waals surface area contributed by atoms with Crippen LogP contribution in [0.3, 0.4) is 0 Å². The molecule has 3 aromatic carbocycles. The summed E-state index contributed by atoms with van der Waals surface area (Å²) in [7, 11) is -3.75. The van der Waals surface area contributed by atoms with Crippen molar-refractivity contribution in [1.29, 1.82) is 0 Å². The van der Waals surface area contributed by atoms with Crippen LogP contribution in [0.5, 0.6) is 0 Å². The third-order valence-electron chi connectivity index (χ3n) is 4.15. The molecule has 0 unspecified atom stereocenters. The average Bonchev–Trinajstić information content (AvgIpc) is 2.99. The van der Waals surface area contributed by atoms with Gasteiger partial charge < -0.3 is 9.73 Å². The van der Waals surface area contributed by atoms with Gasteiger partial charge in [-0.2, -0.15) is 0 Å². The number of sulfone groups is 1. The first-order valence-corrected chi connectivity index (χ1v) is 10.1. The number of benzene rings is 3. The second-order valence-corrected chi connectivity index (χ2v) is 8.50. The number of hydrogen-bond donors (Lipinski definition) is 1. The summed E-state index contributed by atoms with van der Waals surface area (Å²) in [6.45, 7) is 0. The number of anilines is 1. The fourth-order valence-corrected chi connectivity index (χ4v) is 4.16. The van der Waals surface area contributed by atoms with E-state index < -0.39 is 21.5 Å². The van der Waals surface area contributed by atoms with E-state index in [2.05, 4.69) is 5.32 Å². The maximum absolute atomic E-state index is 12.4. The normalized spacial score (nSPS) is 11.7. The number of furan rings is 1. The van der Waals surface area contributed by atoms with E-state index in [0.29, 0.717) is 16.3 Å². The molecular formula is C20H14ClNO4S. The van der Waals surface area contributed by atoms with Crippen LogP contribution in [0.4, 0.5) is 5.69 Å². The average molecular weight is 400 g/mol. The van der Waals surface area contributed by atoms with Gasteiger partial charge in [0, 0.05) is 21.5 Å². The van der Waals surface area contributed by atoms with Gasteiger partial charge in [0.1, 0.15) is 16.9 Å². The SMILES string of the molecule is O=C(CS(=O)(=O)c1ccc(Cl)cc1)Nc1ccc2oc3ccccc3c2c1. The van der Waals surface area contributed by atoms with Crippen LogP contribution in [-0.4, -0.2) is 20.1 Å². The maximum Gasteiger partial charge on any atom is 0.239 e. The first kappa shape index (κ1) is 17.6. The largest absolute Gasteiger partial charge is 0.456 e. The van der Waals surface area contributed by atoms with Crippen LogP contribution in [0, 0.1) is 0 Å². The molecular weight excluding hydrogens is 386 g/mol. The number of nitrogens with one attached hydrogen (secondary N) is 1. The van der Waals surface area contributed by atoms with Crippen molar-refractivity contribution in [3.8, 4) is 0 Å². The second kappa shape index (κ2) is 6.72. The van der Waals surface area contributed by atoms with Crippen LogP contribution in [0.15, 0.2) is 76.0 Å². The minimum Gasteiger partial charge on any atom is -0.456 e. The van der Waals surface area contributed by atoms with E-state index in [4.69, 9.17) is 16.0 Å². The van der Waals surface area contributed by atoms with Gasteiger partial charge in [0.25, 0.3) is 0 Å². The summed E-state index contributed by atoms with van der Waals surface area (Å²) < 4.78 is 30.5. The van der Waals surface area contributed by atoms with Crippen LogP contribution in [0.1, 0.15) is 0 Å². The molecule has 1 amide bonds. The fourth-order valence-electron chi connectivity index (χ4n) is 2.90. The second-order valence-electron chi connectivity index (χ2n) is 6.07. The van der Waals surface area contributed by atoms with Crippen molar-refractivity contribution in [3.63, 3.8) is 0 Å². The van der Waals surface area contributed by atoms with Gasteiger partial charge in [0.15, 0.2) is 9.84 Å². The van der Waals surface area contributed by atoms with E-state index >= 15 is 0 Å². The van der Waals surface area contributed by atoms with Crippen molar-refractivity contribution >= 4 is 55.0 Å². The van der Waals surface area contributed by atoms with Gasteiger partial charge in [0.2, 0.25) is 5.91 Å². The fraction of sp³-hybridized carbons (Fsp3) is 0.0500. The van der Waals surface area contributed by atoms with E-state index in [-0.39, 0.29) is 4.90 Å². The molecule has 0 saturated carbocycles. The summed E-state index contributed by atoms with van der Waals surface area (Å²) in [5.41, 5.74) is 1.95. The molecule has 4 aromatic rings. The highest BCUT2D eigenvalue weighted by molar-refractivity contribution is 7.92. The number of halogens is 1. The van der Waals surface area contributed by atoms with Crippen molar-refractivity contribution in [2.75, 3.05) is 11.1 Å². The molecule has 1 heterocycles. The van der Waals surface area contributed by atoms with Gasteiger partial charge in [-0.05, 0) is 48.5 Å². The quantitative estimate of drug-likeness (QED) is 0.541. The number of rotatable bonds is 4. The Labute approximate surface area is 160 Å². The smallest absolute Gasteiger partial charge is 0.239 e. The molecule has 4 rings (SSSR count). The summed E-state index contributed by atoms with van der Waals surface area (Å²) in [6, 6.07) is 18.5.